The molecule has 2 aromatic carbocycles. The molecule has 24 heavy (non-hydrogen) atoms. The lowest BCUT2D eigenvalue weighted by Gasteiger charge is -2.37. The summed E-state index contributed by atoms with van der Waals surface area (Å²) >= 11 is 0. The normalized spacial score (nSPS) is 19.1. The standard InChI is InChI=1S/C18H18N2O4/c1-13(14-5-3-2-4-6-14)19-11-17(24-12-18(19)21)15-7-9-16(10-8-15)20(22)23/h2-10,13,17H,11-12H2,1H3/t13-,17-/m0/s1. The topological polar surface area (TPSA) is 72.7 Å². The minimum absolute atomic E-state index is 0.0127. The van der Waals surface area contributed by atoms with Gasteiger partial charge in [0.1, 0.15) is 12.7 Å². The SMILES string of the molecule is C[C@@H](c1ccccc1)N1C[C@@H](c2ccc([N+](=O)[O-])cc2)OCC1=O. The number of ether oxygens (including phenoxy) is 1. The first-order chi connectivity index (χ1) is 11.6. The fourth-order valence-corrected chi connectivity index (χ4v) is 2.89. The molecule has 0 radical (unpaired) electrons. The molecule has 1 aliphatic rings. The maximum absolute atomic E-state index is 12.2. The Hall–Kier alpha value is -2.73. The molecule has 2 aromatic rings. The molecule has 0 aromatic heterocycles. The van der Waals surface area contributed by atoms with Crippen molar-refractivity contribution in [3.8, 4) is 0 Å². The van der Waals surface area contributed by atoms with Crippen LogP contribution in [-0.4, -0.2) is 28.9 Å². The number of rotatable bonds is 4. The monoisotopic (exact) mass is 326 g/mol. The van der Waals surface area contributed by atoms with Gasteiger partial charge in [-0.2, -0.15) is 0 Å². The van der Waals surface area contributed by atoms with Crippen LogP contribution in [0.15, 0.2) is 54.6 Å². The zero-order chi connectivity index (χ0) is 17.1. The van der Waals surface area contributed by atoms with Gasteiger partial charge in [0.25, 0.3) is 5.69 Å². The van der Waals surface area contributed by atoms with Crippen LogP contribution < -0.4 is 0 Å². The van der Waals surface area contributed by atoms with Crippen molar-refractivity contribution < 1.29 is 14.5 Å². The summed E-state index contributed by atoms with van der Waals surface area (Å²) in [6, 6.07) is 16.1. The number of nitro groups is 1. The number of hydrogen-bond acceptors (Lipinski definition) is 4. The predicted molar refractivity (Wildman–Crippen MR) is 88.4 cm³/mol. The van der Waals surface area contributed by atoms with E-state index >= 15 is 0 Å². The van der Waals surface area contributed by atoms with Crippen LogP contribution in [0.25, 0.3) is 0 Å². The predicted octanol–water partition coefficient (Wildman–Crippen LogP) is 3.26. The lowest BCUT2D eigenvalue weighted by atomic mass is 10.0. The van der Waals surface area contributed by atoms with Crippen molar-refractivity contribution in [3.05, 3.63) is 75.8 Å². The molecule has 6 nitrogen and oxygen atoms in total. The number of morpholine rings is 1. The third-order valence-electron chi connectivity index (χ3n) is 4.32. The Morgan fingerprint density at radius 3 is 2.46 bits per heavy atom. The molecule has 3 rings (SSSR count). The van der Waals surface area contributed by atoms with E-state index in [2.05, 4.69) is 0 Å². The molecule has 1 fully saturated rings. The van der Waals surface area contributed by atoms with E-state index in [0.29, 0.717) is 6.54 Å². The van der Waals surface area contributed by atoms with Crippen LogP contribution in [0.3, 0.4) is 0 Å². The fraction of sp³-hybridized carbons (Fsp3) is 0.278. The molecular formula is C18H18N2O4. The largest absolute Gasteiger partial charge is 0.362 e. The van der Waals surface area contributed by atoms with E-state index < -0.39 is 4.92 Å². The summed E-state index contributed by atoms with van der Waals surface area (Å²) in [4.78, 5) is 24.4. The highest BCUT2D eigenvalue weighted by molar-refractivity contribution is 5.78. The quantitative estimate of drug-likeness (QED) is 0.638. The first kappa shape index (κ1) is 16.1. The summed E-state index contributed by atoms with van der Waals surface area (Å²) in [5.74, 6) is -0.0514. The van der Waals surface area contributed by atoms with Crippen LogP contribution in [0.1, 0.15) is 30.2 Å². The van der Waals surface area contributed by atoms with E-state index in [-0.39, 0.29) is 30.3 Å². The molecule has 0 saturated carbocycles. The average Bonchev–Trinajstić information content (AvgIpc) is 2.62. The van der Waals surface area contributed by atoms with E-state index in [9.17, 15) is 14.9 Å². The molecule has 1 saturated heterocycles. The minimum atomic E-state index is -0.432. The minimum Gasteiger partial charge on any atom is -0.362 e. The highest BCUT2D eigenvalue weighted by Crippen LogP contribution is 2.29. The Labute approximate surface area is 139 Å². The highest BCUT2D eigenvalue weighted by atomic mass is 16.6. The van der Waals surface area contributed by atoms with E-state index in [1.54, 1.807) is 17.0 Å². The van der Waals surface area contributed by atoms with Crippen LogP contribution in [0.5, 0.6) is 0 Å². The molecular weight excluding hydrogens is 308 g/mol. The van der Waals surface area contributed by atoms with E-state index in [1.807, 2.05) is 37.3 Å². The maximum Gasteiger partial charge on any atom is 0.269 e. The van der Waals surface area contributed by atoms with E-state index in [0.717, 1.165) is 11.1 Å². The highest BCUT2D eigenvalue weighted by Gasteiger charge is 2.31. The van der Waals surface area contributed by atoms with Crippen molar-refractivity contribution >= 4 is 11.6 Å². The number of amides is 1. The summed E-state index contributed by atoms with van der Waals surface area (Å²) in [7, 11) is 0. The second kappa shape index (κ2) is 6.80. The molecule has 1 heterocycles. The molecule has 6 heteroatoms. The first-order valence-corrected chi connectivity index (χ1v) is 7.76. The second-order valence-electron chi connectivity index (χ2n) is 5.78. The Bertz CT molecular complexity index is 730. The van der Waals surface area contributed by atoms with Crippen molar-refractivity contribution in [3.63, 3.8) is 0 Å². The van der Waals surface area contributed by atoms with Gasteiger partial charge in [-0.05, 0) is 30.2 Å². The Balaban J connectivity index is 1.78. The average molecular weight is 326 g/mol. The number of nitro benzene ring substituents is 1. The van der Waals surface area contributed by atoms with Gasteiger partial charge < -0.3 is 9.64 Å². The van der Waals surface area contributed by atoms with Gasteiger partial charge in [-0.15, -0.1) is 0 Å². The summed E-state index contributed by atoms with van der Waals surface area (Å²) in [5, 5.41) is 10.8. The van der Waals surface area contributed by atoms with Crippen LogP contribution >= 0.6 is 0 Å². The van der Waals surface area contributed by atoms with Crippen LogP contribution in [0.4, 0.5) is 5.69 Å². The second-order valence-corrected chi connectivity index (χ2v) is 5.78. The third-order valence-corrected chi connectivity index (χ3v) is 4.32. The molecule has 0 N–H and O–H groups in total. The van der Waals surface area contributed by atoms with Gasteiger partial charge in [0, 0.05) is 12.1 Å². The van der Waals surface area contributed by atoms with Gasteiger partial charge >= 0.3 is 0 Å². The Kier molecular flexibility index (Phi) is 4.57. The van der Waals surface area contributed by atoms with Crippen LogP contribution in [-0.2, 0) is 9.53 Å². The molecule has 0 spiro atoms. The molecule has 1 aliphatic heterocycles. The molecule has 0 aliphatic carbocycles. The number of carbonyl (C=O) groups excluding carboxylic acids is 1. The molecule has 124 valence electrons. The molecule has 2 atom stereocenters. The zero-order valence-electron chi connectivity index (χ0n) is 13.3. The number of non-ortho nitro benzene ring substituents is 1. The van der Waals surface area contributed by atoms with Gasteiger partial charge in [0.15, 0.2) is 0 Å². The summed E-state index contributed by atoms with van der Waals surface area (Å²) in [6.45, 7) is 2.43. The Morgan fingerprint density at radius 2 is 1.83 bits per heavy atom. The van der Waals surface area contributed by atoms with Crippen molar-refractivity contribution in [1.82, 2.24) is 4.90 Å². The molecule has 0 unspecified atom stereocenters. The van der Waals surface area contributed by atoms with Gasteiger partial charge in [0.2, 0.25) is 5.91 Å². The van der Waals surface area contributed by atoms with E-state index in [1.165, 1.54) is 12.1 Å². The lowest BCUT2D eigenvalue weighted by molar-refractivity contribution is -0.384. The summed E-state index contributed by atoms with van der Waals surface area (Å²) in [5.41, 5.74) is 1.94. The van der Waals surface area contributed by atoms with Crippen molar-refractivity contribution in [1.29, 1.82) is 0 Å². The number of hydrogen-bond donors (Lipinski definition) is 0. The maximum atomic E-state index is 12.2. The smallest absolute Gasteiger partial charge is 0.269 e. The third kappa shape index (κ3) is 3.28. The van der Waals surface area contributed by atoms with Crippen LogP contribution in [0.2, 0.25) is 0 Å². The fourth-order valence-electron chi connectivity index (χ4n) is 2.89. The van der Waals surface area contributed by atoms with Gasteiger partial charge in [0.05, 0.1) is 17.5 Å². The van der Waals surface area contributed by atoms with Crippen molar-refractivity contribution in [2.45, 2.75) is 19.1 Å². The van der Waals surface area contributed by atoms with E-state index in [4.69, 9.17) is 4.74 Å². The number of benzene rings is 2. The zero-order valence-corrected chi connectivity index (χ0v) is 13.3. The Morgan fingerprint density at radius 1 is 1.17 bits per heavy atom. The van der Waals surface area contributed by atoms with Gasteiger partial charge in [-0.25, -0.2) is 0 Å². The molecule has 0 bridgehead atoms. The number of carbonyl (C=O) groups is 1. The van der Waals surface area contributed by atoms with Gasteiger partial charge in [-0.3, -0.25) is 14.9 Å². The lowest BCUT2D eigenvalue weighted by Crippen LogP contribution is -2.44. The van der Waals surface area contributed by atoms with Gasteiger partial charge in [-0.1, -0.05) is 30.3 Å². The molecule has 1 amide bonds. The summed E-state index contributed by atoms with van der Waals surface area (Å²) < 4.78 is 5.63. The van der Waals surface area contributed by atoms with Crippen molar-refractivity contribution in [2.75, 3.05) is 13.2 Å². The van der Waals surface area contributed by atoms with Crippen LogP contribution in [0, 0.1) is 10.1 Å². The summed E-state index contributed by atoms with van der Waals surface area (Å²) in [6.07, 6.45) is -0.283. The van der Waals surface area contributed by atoms with Crippen molar-refractivity contribution in [2.24, 2.45) is 0 Å². The first-order valence-electron chi connectivity index (χ1n) is 7.76. The number of nitrogens with zero attached hydrogens (tertiary/aromatic N) is 2.